The molecule has 3 aromatic rings. The van der Waals surface area contributed by atoms with Gasteiger partial charge in [0.05, 0.1) is 23.4 Å². The number of aryl methyl sites for hydroxylation is 1. The molecule has 1 atom stereocenters. The summed E-state index contributed by atoms with van der Waals surface area (Å²) < 4.78 is 10.7. The van der Waals surface area contributed by atoms with Gasteiger partial charge in [0.1, 0.15) is 11.4 Å². The Morgan fingerprint density at radius 1 is 1.15 bits per heavy atom. The number of likely N-dealkylation sites (N-methyl/N-ethyl adjacent to an activating group) is 1. The van der Waals surface area contributed by atoms with Crippen molar-refractivity contribution in [1.82, 2.24) is 25.1 Å². The molecular weight excluding hydrogens is 438 g/mol. The third-order valence-corrected chi connectivity index (χ3v) is 7.20. The second-order valence-electron chi connectivity index (χ2n) is 8.36. The Morgan fingerprint density at radius 3 is 2.55 bits per heavy atom. The quantitative estimate of drug-likeness (QED) is 0.543. The number of thiophene rings is 1. The fourth-order valence-electron chi connectivity index (χ4n) is 4.13. The molecule has 0 radical (unpaired) electrons. The van der Waals surface area contributed by atoms with Crippen LogP contribution < -0.4 is 10.1 Å². The second-order valence-corrected chi connectivity index (χ2v) is 9.36. The molecule has 8 nitrogen and oxygen atoms in total. The minimum atomic E-state index is -0.108. The normalized spacial score (nSPS) is 16.1. The third kappa shape index (κ3) is 5.33. The van der Waals surface area contributed by atoms with Crippen LogP contribution in [0, 0.1) is 6.92 Å². The van der Waals surface area contributed by atoms with Crippen molar-refractivity contribution in [2.45, 2.75) is 19.6 Å². The van der Waals surface area contributed by atoms with Crippen LogP contribution in [0.3, 0.4) is 0 Å². The van der Waals surface area contributed by atoms with Gasteiger partial charge < -0.3 is 19.7 Å². The predicted molar refractivity (Wildman–Crippen MR) is 130 cm³/mol. The maximum Gasteiger partial charge on any atom is 0.262 e. The molecule has 0 saturated carbocycles. The maximum absolute atomic E-state index is 13.5. The molecule has 1 aliphatic rings. The largest absolute Gasteiger partial charge is 0.480 e. The van der Waals surface area contributed by atoms with Gasteiger partial charge in [0.15, 0.2) is 5.82 Å². The minimum Gasteiger partial charge on any atom is -0.480 e. The highest BCUT2D eigenvalue weighted by molar-refractivity contribution is 7.20. The summed E-state index contributed by atoms with van der Waals surface area (Å²) in [5.41, 5.74) is 1.93. The van der Waals surface area contributed by atoms with E-state index in [2.05, 4.69) is 44.3 Å². The van der Waals surface area contributed by atoms with Crippen molar-refractivity contribution >= 4 is 27.5 Å². The molecule has 4 rings (SSSR count). The molecule has 33 heavy (non-hydrogen) atoms. The summed E-state index contributed by atoms with van der Waals surface area (Å²) in [4.78, 5) is 28.6. The lowest BCUT2D eigenvalue weighted by molar-refractivity contribution is 0.0911. The van der Waals surface area contributed by atoms with Crippen LogP contribution in [-0.2, 0) is 11.3 Å². The lowest BCUT2D eigenvalue weighted by Crippen LogP contribution is -2.47. The van der Waals surface area contributed by atoms with E-state index in [1.165, 1.54) is 11.3 Å². The number of aromatic nitrogens is 2. The zero-order valence-electron chi connectivity index (χ0n) is 19.6. The second kappa shape index (κ2) is 10.6. The van der Waals surface area contributed by atoms with Crippen LogP contribution >= 0.6 is 11.3 Å². The number of carbonyl (C=O) groups is 1. The summed E-state index contributed by atoms with van der Waals surface area (Å²) in [6.45, 7) is 7.04. The fourth-order valence-corrected chi connectivity index (χ4v) is 5.23. The number of hydrogen-bond acceptors (Lipinski definition) is 8. The Labute approximate surface area is 198 Å². The van der Waals surface area contributed by atoms with Gasteiger partial charge in [-0.3, -0.25) is 9.69 Å². The summed E-state index contributed by atoms with van der Waals surface area (Å²) >= 11 is 1.37. The van der Waals surface area contributed by atoms with Gasteiger partial charge in [-0.05, 0) is 25.1 Å². The van der Waals surface area contributed by atoms with Crippen molar-refractivity contribution in [1.29, 1.82) is 0 Å². The molecule has 1 N–H and O–H groups in total. The Balaban J connectivity index is 1.61. The van der Waals surface area contributed by atoms with Crippen molar-refractivity contribution < 1.29 is 14.3 Å². The molecule has 176 valence electrons. The van der Waals surface area contributed by atoms with E-state index < -0.39 is 0 Å². The van der Waals surface area contributed by atoms with Gasteiger partial charge in [-0.25, -0.2) is 4.98 Å². The Hall–Kier alpha value is -2.59. The van der Waals surface area contributed by atoms with Gasteiger partial charge in [0, 0.05) is 39.8 Å². The summed E-state index contributed by atoms with van der Waals surface area (Å²) in [6, 6.07) is 10.1. The zero-order chi connectivity index (χ0) is 23.4. The highest BCUT2D eigenvalue weighted by Crippen LogP contribution is 2.35. The van der Waals surface area contributed by atoms with Crippen LogP contribution in [0.2, 0.25) is 0 Å². The number of hydrogen-bond donors (Lipinski definition) is 1. The molecule has 1 aromatic carbocycles. The van der Waals surface area contributed by atoms with E-state index >= 15 is 0 Å². The molecule has 1 aliphatic heterocycles. The average Bonchev–Trinajstić information content (AvgIpc) is 3.16. The van der Waals surface area contributed by atoms with E-state index in [0.29, 0.717) is 16.6 Å². The number of piperazine rings is 1. The van der Waals surface area contributed by atoms with Gasteiger partial charge in [0.2, 0.25) is 5.88 Å². The third-order valence-electron chi connectivity index (χ3n) is 6.02. The SMILES string of the molecule is COCc1nc(OC)c2c(C)c(C(=O)NC(CN3CCN(C)CC3)c3ccccc3)sc2n1. The molecule has 2 aromatic heterocycles. The number of nitrogens with zero attached hydrogens (tertiary/aromatic N) is 4. The van der Waals surface area contributed by atoms with Crippen LogP contribution in [0.4, 0.5) is 0 Å². The summed E-state index contributed by atoms with van der Waals surface area (Å²) in [7, 11) is 5.33. The van der Waals surface area contributed by atoms with Gasteiger partial charge in [-0.15, -0.1) is 11.3 Å². The highest BCUT2D eigenvalue weighted by Gasteiger charge is 2.25. The van der Waals surface area contributed by atoms with Crippen LogP contribution in [0.5, 0.6) is 5.88 Å². The smallest absolute Gasteiger partial charge is 0.262 e. The van der Waals surface area contributed by atoms with E-state index in [4.69, 9.17) is 9.47 Å². The zero-order valence-corrected chi connectivity index (χ0v) is 20.4. The monoisotopic (exact) mass is 469 g/mol. The number of carbonyl (C=O) groups excluding carboxylic acids is 1. The van der Waals surface area contributed by atoms with E-state index in [1.54, 1.807) is 14.2 Å². The number of fused-ring (bicyclic) bond motifs is 1. The average molecular weight is 470 g/mol. The number of amides is 1. The van der Waals surface area contributed by atoms with Gasteiger partial charge in [0.25, 0.3) is 5.91 Å². The number of benzene rings is 1. The van der Waals surface area contributed by atoms with E-state index in [9.17, 15) is 4.79 Å². The molecule has 0 spiro atoms. The summed E-state index contributed by atoms with van der Waals surface area (Å²) in [5.74, 6) is 0.901. The topological polar surface area (TPSA) is 79.8 Å². The molecule has 9 heteroatoms. The van der Waals surface area contributed by atoms with Crippen LogP contribution in [0.1, 0.15) is 32.7 Å². The molecule has 1 unspecified atom stereocenters. The van der Waals surface area contributed by atoms with Crippen molar-refractivity contribution in [3.05, 3.63) is 52.2 Å². The lowest BCUT2D eigenvalue weighted by Gasteiger charge is -2.35. The first kappa shape index (κ1) is 23.6. The number of rotatable bonds is 8. The number of nitrogens with one attached hydrogen (secondary N) is 1. The van der Waals surface area contributed by atoms with E-state index in [-0.39, 0.29) is 18.6 Å². The molecule has 0 aliphatic carbocycles. The van der Waals surface area contributed by atoms with Gasteiger partial charge in [-0.2, -0.15) is 4.98 Å². The first-order chi connectivity index (χ1) is 16.0. The van der Waals surface area contributed by atoms with Crippen molar-refractivity contribution in [3.8, 4) is 5.88 Å². The minimum absolute atomic E-state index is 0.103. The molecule has 3 heterocycles. The lowest BCUT2D eigenvalue weighted by atomic mass is 10.1. The molecule has 0 bridgehead atoms. The van der Waals surface area contributed by atoms with Crippen molar-refractivity contribution in [2.24, 2.45) is 0 Å². The van der Waals surface area contributed by atoms with E-state index in [0.717, 1.165) is 54.1 Å². The fraction of sp³-hybridized carbons (Fsp3) is 0.458. The Bertz CT molecular complexity index is 1100. The van der Waals surface area contributed by atoms with Crippen molar-refractivity contribution in [3.63, 3.8) is 0 Å². The van der Waals surface area contributed by atoms with Gasteiger partial charge in [-0.1, -0.05) is 30.3 Å². The van der Waals surface area contributed by atoms with Crippen LogP contribution in [-0.4, -0.2) is 79.7 Å². The standard InChI is InChI=1S/C24H31N5O3S/c1-16-20-23(32-4)26-19(15-31-3)27-24(20)33-21(16)22(30)25-18(17-8-6-5-7-9-17)14-29-12-10-28(2)11-13-29/h5-9,18H,10-15H2,1-4H3,(H,25,30). The molecule has 1 amide bonds. The molecular formula is C24H31N5O3S. The van der Waals surface area contributed by atoms with Crippen LogP contribution in [0.15, 0.2) is 30.3 Å². The first-order valence-corrected chi connectivity index (χ1v) is 11.9. The van der Waals surface area contributed by atoms with Crippen molar-refractivity contribution in [2.75, 3.05) is 54.0 Å². The maximum atomic E-state index is 13.5. The molecule has 1 fully saturated rings. The number of methoxy groups -OCH3 is 2. The van der Waals surface area contributed by atoms with Crippen LogP contribution in [0.25, 0.3) is 10.2 Å². The first-order valence-electron chi connectivity index (χ1n) is 11.1. The summed E-state index contributed by atoms with van der Waals surface area (Å²) in [6.07, 6.45) is 0. The number of ether oxygens (including phenoxy) is 2. The molecule has 1 saturated heterocycles. The van der Waals surface area contributed by atoms with Gasteiger partial charge >= 0.3 is 0 Å². The highest BCUT2D eigenvalue weighted by atomic mass is 32.1. The van der Waals surface area contributed by atoms with E-state index in [1.807, 2.05) is 25.1 Å². The Morgan fingerprint density at radius 2 is 1.88 bits per heavy atom. The Kier molecular flexibility index (Phi) is 7.54. The summed E-state index contributed by atoms with van der Waals surface area (Å²) in [5, 5.41) is 4.07. The predicted octanol–water partition coefficient (Wildman–Crippen LogP) is 2.87.